The molecule has 0 spiro atoms. The van der Waals surface area contributed by atoms with Gasteiger partial charge in [0.15, 0.2) is 0 Å². The number of anilines is 1. The van der Waals surface area contributed by atoms with E-state index >= 15 is 0 Å². The van der Waals surface area contributed by atoms with Gasteiger partial charge in [-0.2, -0.15) is 0 Å². The number of amides is 1. The first kappa shape index (κ1) is 12.6. The summed E-state index contributed by atoms with van der Waals surface area (Å²) >= 11 is 11.8. The zero-order chi connectivity index (χ0) is 13.6. The third-order valence-corrected chi connectivity index (χ3v) is 3.82. The molecule has 2 heterocycles. The third-order valence-electron chi connectivity index (χ3n) is 3.34. The predicted molar refractivity (Wildman–Crippen MR) is 75.5 cm³/mol. The summed E-state index contributed by atoms with van der Waals surface area (Å²) in [6, 6.07) is 3.44. The number of carbonyl (C=O) groups is 1. The first-order valence-electron chi connectivity index (χ1n) is 5.97. The highest BCUT2D eigenvalue weighted by Gasteiger charge is 2.39. The number of pyridine rings is 2. The number of hydrogen-bond donors (Lipinski definition) is 1. The van der Waals surface area contributed by atoms with E-state index < -0.39 is 0 Å². The minimum atomic E-state index is 0.0191. The van der Waals surface area contributed by atoms with E-state index in [1.54, 1.807) is 18.3 Å². The Kier molecular flexibility index (Phi) is 3.07. The number of rotatable bonds is 2. The van der Waals surface area contributed by atoms with E-state index in [0.717, 1.165) is 11.8 Å². The van der Waals surface area contributed by atoms with Crippen molar-refractivity contribution in [1.29, 1.82) is 0 Å². The molecule has 2 atom stereocenters. The molecule has 1 saturated carbocycles. The number of hydrogen-bond acceptors (Lipinski definition) is 3. The fraction of sp³-hybridized carbons (Fsp3) is 0.308. The molecule has 1 aliphatic carbocycles. The lowest BCUT2D eigenvalue weighted by atomic mass is 10.2. The highest BCUT2D eigenvalue weighted by molar-refractivity contribution is 6.36. The van der Waals surface area contributed by atoms with Crippen LogP contribution < -0.4 is 5.32 Å². The standard InChI is InChI=1S/C13H11Cl2N3O/c1-6-2-8(6)13(19)18-11-4-7-3-10(14)17-12(15)9(7)5-16-11/h3-6,8H,2H2,1H3,(H,16,18,19)/t6-,8-/m0/s1. The topological polar surface area (TPSA) is 54.9 Å². The Morgan fingerprint density at radius 1 is 1.42 bits per heavy atom. The van der Waals surface area contributed by atoms with Gasteiger partial charge < -0.3 is 5.32 Å². The van der Waals surface area contributed by atoms with Crippen LogP contribution in [0.2, 0.25) is 10.3 Å². The lowest BCUT2D eigenvalue weighted by Crippen LogP contribution is -2.15. The minimum Gasteiger partial charge on any atom is -0.310 e. The van der Waals surface area contributed by atoms with Gasteiger partial charge in [-0.05, 0) is 29.9 Å². The van der Waals surface area contributed by atoms with E-state index in [-0.39, 0.29) is 11.8 Å². The van der Waals surface area contributed by atoms with Crippen molar-refractivity contribution in [1.82, 2.24) is 9.97 Å². The molecule has 0 aromatic carbocycles. The molecular formula is C13H11Cl2N3O. The van der Waals surface area contributed by atoms with Gasteiger partial charge in [0, 0.05) is 17.5 Å². The smallest absolute Gasteiger partial charge is 0.228 e. The Labute approximate surface area is 120 Å². The Hall–Kier alpha value is -1.39. The number of aromatic nitrogens is 2. The van der Waals surface area contributed by atoms with Crippen LogP contribution >= 0.6 is 23.2 Å². The largest absolute Gasteiger partial charge is 0.310 e. The van der Waals surface area contributed by atoms with Gasteiger partial charge in [-0.15, -0.1) is 0 Å². The summed E-state index contributed by atoms with van der Waals surface area (Å²) in [5.74, 6) is 1.11. The van der Waals surface area contributed by atoms with Gasteiger partial charge in [0.2, 0.25) is 5.91 Å². The monoisotopic (exact) mass is 295 g/mol. The molecule has 1 amide bonds. The van der Waals surface area contributed by atoms with Crippen LogP contribution in [0.3, 0.4) is 0 Å². The average Bonchev–Trinajstić information content (AvgIpc) is 3.05. The summed E-state index contributed by atoms with van der Waals surface area (Å²) < 4.78 is 0. The minimum absolute atomic E-state index is 0.0191. The highest BCUT2D eigenvalue weighted by Crippen LogP contribution is 2.38. The fourth-order valence-electron chi connectivity index (χ4n) is 2.05. The Morgan fingerprint density at radius 2 is 2.16 bits per heavy atom. The van der Waals surface area contributed by atoms with E-state index in [1.807, 2.05) is 0 Å². The maximum atomic E-state index is 11.8. The van der Waals surface area contributed by atoms with Crippen molar-refractivity contribution in [2.45, 2.75) is 13.3 Å². The maximum absolute atomic E-state index is 11.8. The van der Waals surface area contributed by atoms with E-state index in [9.17, 15) is 4.79 Å². The van der Waals surface area contributed by atoms with Crippen LogP contribution in [0, 0.1) is 11.8 Å². The summed E-state index contributed by atoms with van der Waals surface area (Å²) in [4.78, 5) is 20.0. The zero-order valence-electron chi connectivity index (χ0n) is 10.2. The van der Waals surface area contributed by atoms with Crippen molar-refractivity contribution in [2.75, 3.05) is 5.32 Å². The van der Waals surface area contributed by atoms with Gasteiger partial charge in [-0.1, -0.05) is 30.1 Å². The Morgan fingerprint density at radius 3 is 2.84 bits per heavy atom. The summed E-state index contributed by atoms with van der Waals surface area (Å²) in [6.07, 6.45) is 2.54. The third kappa shape index (κ3) is 2.51. The molecule has 1 aliphatic rings. The van der Waals surface area contributed by atoms with Crippen molar-refractivity contribution in [3.63, 3.8) is 0 Å². The molecule has 1 fully saturated rings. The second-order valence-electron chi connectivity index (χ2n) is 4.84. The van der Waals surface area contributed by atoms with Gasteiger partial charge in [-0.25, -0.2) is 9.97 Å². The molecule has 4 nitrogen and oxygen atoms in total. The molecule has 2 aromatic rings. The summed E-state index contributed by atoms with van der Waals surface area (Å²) in [5, 5.41) is 4.95. The number of carbonyl (C=O) groups excluding carboxylic acids is 1. The SMILES string of the molecule is C[C@H]1C[C@@H]1C(=O)Nc1cc2cc(Cl)nc(Cl)c2cn1. The van der Waals surface area contributed by atoms with Gasteiger partial charge >= 0.3 is 0 Å². The molecule has 0 saturated heterocycles. The van der Waals surface area contributed by atoms with Gasteiger partial charge in [0.25, 0.3) is 0 Å². The molecule has 0 unspecified atom stereocenters. The van der Waals surface area contributed by atoms with E-state index in [1.165, 1.54) is 0 Å². The molecule has 0 bridgehead atoms. The van der Waals surface area contributed by atoms with Crippen LogP contribution in [0.4, 0.5) is 5.82 Å². The fourth-order valence-corrected chi connectivity index (χ4v) is 2.55. The van der Waals surface area contributed by atoms with Crippen LogP contribution in [0.25, 0.3) is 10.8 Å². The van der Waals surface area contributed by atoms with Gasteiger partial charge in [0.1, 0.15) is 16.1 Å². The number of nitrogens with one attached hydrogen (secondary N) is 1. The van der Waals surface area contributed by atoms with Crippen LogP contribution in [-0.4, -0.2) is 15.9 Å². The molecule has 0 aliphatic heterocycles. The first-order valence-corrected chi connectivity index (χ1v) is 6.73. The maximum Gasteiger partial charge on any atom is 0.228 e. The van der Waals surface area contributed by atoms with Crippen molar-refractivity contribution < 1.29 is 4.79 Å². The number of fused-ring (bicyclic) bond motifs is 1. The van der Waals surface area contributed by atoms with Crippen molar-refractivity contribution in [3.8, 4) is 0 Å². The second-order valence-corrected chi connectivity index (χ2v) is 5.58. The van der Waals surface area contributed by atoms with Crippen LogP contribution in [0.1, 0.15) is 13.3 Å². The van der Waals surface area contributed by atoms with Crippen LogP contribution in [0.5, 0.6) is 0 Å². The van der Waals surface area contributed by atoms with E-state index in [4.69, 9.17) is 23.2 Å². The van der Waals surface area contributed by atoms with Gasteiger partial charge in [-0.3, -0.25) is 4.79 Å². The molecule has 3 rings (SSSR count). The van der Waals surface area contributed by atoms with E-state index in [2.05, 4.69) is 22.2 Å². The summed E-state index contributed by atoms with van der Waals surface area (Å²) in [7, 11) is 0. The number of nitrogens with zero attached hydrogens (tertiary/aromatic N) is 2. The molecular weight excluding hydrogens is 285 g/mol. The second kappa shape index (κ2) is 4.62. The molecule has 2 aromatic heterocycles. The molecule has 0 radical (unpaired) electrons. The normalized spacial score (nSPS) is 21.4. The zero-order valence-corrected chi connectivity index (χ0v) is 11.7. The average molecular weight is 296 g/mol. The summed E-state index contributed by atoms with van der Waals surface area (Å²) in [5.41, 5.74) is 0. The molecule has 1 N–H and O–H groups in total. The van der Waals surface area contributed by atoms with Gasteiger partial charge in [0.05, 0.1) is 0 Å². The first-order chi connectivity index (χ1) is 9.04. The molecule has 6 heteroatoms. The van der Waals surface area contributed by atoms with E-state index in [0.29, 0.717) is 27.4 Å². The molecule has 98 valence electrons. The van der Waals surface area contributed by atoms with Crippen molar-refractivity contribution in [2.24, 2.45) is 11.8 Å². The van der Waals surface area contributed by atoms with Crippen molar-refractivity contribution in [3.05, 3.63) is 28.6 Å². The van der Waals surface area contributed by atoms with Crippen molar-refractivity contribution >= 4 is 45.7 Å². The molecule has 19 heavy (non-hydrogen) atoms. The highest BCUT2D eigenvalue weighted by atomic mass is 35.5. The van der Waals surface area contributed by atoms with Crippen LogP contribution in [0.15, 0.2) is 18.3 Å². The van der Waals surface area contributed by atoms with Crippen LogP contribution in [-0.2, 0) is 4.79 Å². The quantitative estimate of drug-likeness (QED) is 0.862. The summed E-state index contributed by atoms with van der Waals surface area (Å²) in [6.45, 7) is 2.06. The lowest BCUT2D eigenvalue weighted by molar-refractivity contribution is -0.117. The number of halogens is 2. The Bertz CT molecular complexity index is 674. The Balaban J connectivity index is 1.91. The lowest BCUT2D eigenvalue weighted by Gasteiger charge is -2.06. The predicted octanol–water partition coefficient (Wildman–Crippen LogP) is 3.53.